The van der Waals surface area contributed by atoms with E-state index < -0.39 is 0 Å². The highest BCUT2D eigenvalue weighted by molar-refractivity contribution is 5.36. The monoisotopic (exact) mass is 246 g/mol. The van der Waals surface area contributed by atoms with E-state index in [1.54, 1.807) is 0 Å². The van der Waals surface area contributed by atoms with Gasteiger partial charge in [-0.2, -0.15) is 0 Å². The maximum atomic E-state index is 6.04. The van der Waals surface area contributed by atoms with E-state index in [0.29, 0.717) is 12.0 Å². The highest BCUT2D eigenvalue weighted by Crippen LogP contribution is 2.36. The third-order valence-electron chi connectivity index (χ3n) is 4.40. The molecule has 2 atom stereocenters. The molecule has 2 unspecified atom stereocenters. The Balaban J connectivity index is 2.43. The van der Waals surface area contributed by atoms with Gasteiger partial charge in [0.2, 0.25) is 0 Å². The van der Waals surface area contributed by atoms with Gasteiger partial charge in [-0.1, -0.05) is 24.6 Å². The van der Waals surface area contributed by atoms with Crippen LogP contribution < -0.4 is 5.73 Å². The minimum Gasteiger partial charge on any atom is -0.330 e. The first-order valence-corrected chi connectivity index (χ1v) is 7.11. The fourth-order valence-electron chi connectivity index (χ4n) is 3.42. The van der Waals surface area contributed by atoms with Crippen molar-refractivity contribution in [2.24, 2.45) is 11.7 Å². The second kappa shape index (κ2) is 5.85. The summed E-state index contributed by atoms with van der Waals surface area (Å²) in [7, 11) is 2.25. The Morgan fingerprint density at radius 3 is 2.50 bits per heavy atom. The summed E-state index contributed by atoms with van der Waals surface area (Å²) in [6, 6.07) is 7.12. The van der Waals surface area contributed by atoms with E-state index in [4.69, 9.17) is 5.73 Å². The molecule has 0 aromatic heterocycles. The van der Waals surface area contributed by atoms with Crippen LogP contribution in [0.15, 0.2) is 18.2 Å². The summed E-state index contributed by atoms with van der Waals surface area (Å²) >= 11 is 0. The van der Waals surface area contributed by atoms with Crippen molar-refractivity contribution < 1.29 is 0 Å². The van der Waals surface area contributed by atoms with Gasteiger partial charge in [0.25, 0.3) is 0 Å². The Kier molecular flexibility index (Phi) is 4.41. The van der Waals surface area contributed by atoms with Crippen LogP contribution in [0.2, 0.25) is 0 Å². The van der Waals surface area contributed by atoms with E-state index in [1.165, 1.54) is 42.5 Å². The van der Waals surface area contributed by atoms with Crippen molar-refractivity contribution in [3.63, 3.8) is 0 Å². The van der Waals surface area contributed by atoms with Crippen molar-refractivity contribution in [1.29, 1.82) is 0 Å². The summed E-state index contributed by atoms with van der Waals surface area (Å²) in [4.78, 5) is 2.51. The van der Waals surface area contributed by atoms with Gasteiger partial charge in [0.1, 0.15) is 0 Å². The van der Waals surface area contributed by atoms with E-state index in [-0.39, 0.29) is 0 Å². The number of nitrogens with zero attached hydrogens (tertiary/aromatic N) is 1. The van der Waals surface area contributed by atoms with Gasteiger partial charge in [-0.3, -0.25) is 4.90 Å². The first kappa shape index (κ1) is 13.6. The highest BCUT2D eigenvalue weighted by Gasteiger charge is 2.29. The molecule has 2 heteroatoms. The molecule has 100 valence electrons. The minimum atomic E-state index is 0.499. The molecular formula is C16H26N2. The lowest BCUT2D eigenvalue weighted by Crippen LogP contribution is -2.34. The third kappa shape index (κ3) is 2.60. The standard InChI is InChI=1S/C16H26N2/c1-12-7-6-8-13(2)15(12)16-14(11-17)9-4-5-10-18(16)3/h6-8,14,16H,4-5,9-11,17H2,1-3H3. The maximum Gasteiger partial charge on any atom is 0.0390 e. The van der Waals surface area contributed by atoms with Crippen LogP contribution in [-0.4, -0.2) is 25.0 Å². The normalized spacial score (nSPS) is 26.0. The van der Waals surface area contributed by atoms with Crippen LogP contribution >= 0.6 is 0 Å². The zero-order valence-corrected chi connectivity index (χ0v) is 11.9. The zero-order chi connectivity index (χ0) is 13.1. The molecule has 1 fully saturated rings. The quantitative estimate of drug-likeness (QED) is 0.869. The molecule has 1 aromatic carbocycles. The molecule has 1 aliphatic heterocycles. The third-order valence-corrected chi connectivity index (χ3v) is 4.40. The SMILES string of the molecule is Cc1cccc(C)c1C1C(CN)CCCCN1C. The number of rotatable bonds is 2. The molecule has 0 radical (unpaired) electrons. The second-order valence-electron chi connectivity index (χ2n) is 5.72. The molecule has 0 aliphatic carbocycles. The predicted molar refractivity (Wildman–Crippen MR) is 77.7 cm³/mol. The summed E-state index contributed by atoms with van der Waals surface area (Å²) < 4.78 is 0. The van der Waals surface area contributed by atoms with Gasteiger partial charge in [-0.05, 0) is 69.4 Å². The maximum absolute atomic E-state index is 6.04. The van der Waals surface area contributed by atoms with Crippen LogP contribution in [0.3, 0.4) is 0 Å². The van der Waals surface area contributed by atoms with E-state index in [1.807, 2.05) is 0 Å². The molecule has 1 aromatic rings. The highest BCUT2D eigenvalue weighted by atomic mass is 15.1. The minimum absolute atomic E-state index is 0.499. The van der Waals surface area contributed by atoms with Crippen LogP contribution in [0.25, 0.3) is 0 Å². The molecule has 18 heavy (non-hydrogen) atoms. The zero-order valence-electron chi connectivity index (χ0n) is 11.9. The Hall–Kier alpha value is -0.860. The second-order valence-corrected chi connectivity index (χ2v) is 5.72. The summed E-state index contributed by atoms with van der Waals surface area (Å²) in [6.07, 6.45) is 3.88. The van der Waals surface area contributed by atoms with Gasteiger partial charge in [-0.15, -0.1) is 0 Å². The predicted octanol–water partition coefficient (Wildman–Crippen LogP) is 3.04. The van der Waals surface area contributed by atoms with Gasteiger partial charge in [0, 0.05) is 6.04 Å². The topological polar surface area (TPSA) is 29.3 Å². The van der Waals surface area contributed by atoms with Crippen molar-refractivity contribution in [3.05, 3.63) is 34.9 Å². The van der Waals surface area contributed by atoms with Gasteiger partial charge in [-0.25, -0.2) is 0 Å². The smallest absolute Gasteiger partial charge is 0.0390 e. The van der Waals surface area contributed by atoms with Crippen LogP contribution in [-0.2, 0) is 0 Å². The number of hydrogen-bond acceptors (Lipinski definition) is 2. The van der Waals surface area contributed by atoms with Gasteiger partial charge in [0.05, 0.1) is 0 Å². The first-order valence-electron chi connectivity index (χ1n) is 7.11. The first-order chi connectivity index (χ1) is 8.65. The molecular weight excluding hydrogens is 220 g/mol. The van der Waals surface area contributed by atoms with E-state index in [2.05, 4.69) is 44.0 Å². The average molecular weight is 246 g/mol. The number of likely N-dealkylation sites (tertiary alicyclic amines) is 1. The van der Waals surface area contributed by atoms with Gasteiger partial charge >= 0.3 is 0 Å². The Morgan fingerprint density at radius 2 is 1.89 bits per heavy atom. The van der Waals surface area contributed by atoms with E-state index in [0.717, 1.165) is 6.54 Å². The van der Waals surface area contributed by atoms with Crippen molar-refractivity contribution >= 4 is 0 Å². The number of benzene rings is 1. The molecule has 2 N–H and O–H groups in total. The molecule has 0 amide bonds. The molecule has 1 heterocycles. The molecule has 2 rings (SSSR count). The number of hydrogen-bond donors (Lipinski definition) is 1. The van der Waals surface area contributed by atoms with Crippen LogP contribution in [0.4, 0.5) is 0 Å². The summed E-state index contributed by atoms with van der Waals surface area (Å²) in [5.41, 5.74) is 10.4. The van der Waals surface area contributed by atoms with Crippen molar-refractivity contribution in [2.75, 3.05) is 20.1 Å². The number of nitrogens with two attached hydrogens (primary N) is 1. The fraction of sp³-hybridized carbons (Fsp3) is 0.625. The average Bonchev–Trinajstić information content (AvgIpc) is 2.52. The van der Waals surface area contributed by atoms with Gasteiger partial charge < -0.3 is 5.73 Å². The van der Waals surface area contributed by atoms with Crippen molar-refractivity contribution in [1.82, 2.24) is 4.90 Å². The van der Waals surface area contributed by atoms with Crippen molar-refractivity contribution in [3.8, 4) is 0 Å². The fourth-order valence-corrected chi connectivity index (χ4v) is 3.42. The van der Waals surface area contributed by atoms with Crippen molar-refractivity contribution in [2.45, 2.75) is 39.2 Å². The molecule has 0 spiro atoms. The Bertz CT molecular complexity index is 380. The lowest BCUT2D eigenvalue weighted by atomic mass is 9.85. The van der Waals surface area contributed by atoms with Crippen LogP contribution in [0.5, 0.6) is 0 Å². The Morgan fingerprint density at radius 1 is 1.22 bits per heavy atom. The number of aryl methyl sites for hydroxylation is 2. The molecule has 2 nitrogen and oxygen atoms in total. The van der Waals surface area contributed by atoms with Gasteiger partial charge in [0.15, 0.2) is 0 Å². The Labute approximate surface area is 111 Å². The molecule has 0 saturated carbocycles. The molecule has 1 saturated heterocycles. The summed E-state index contributed by atoms with van der Waals surface area (Å²) in [5.74, 6) is 0.595. The van der Waals surface area contributed by atoms with Crippen LogP contribution in [0.1, 0.15) is 42.0 Å². The van der Waals surface area contributed by atoms with E-state index >= 15 is 0 Å². The van der Waals surface area contributed by atoms with Crippen LogP contribution in [0, 0.1) is 19.8 Å². The summed E-state index contributed by atoms with van der Waals surface area (Å²) in [5, 5.41) is 0. The van der Waals surface area contributed by atoms with E-state index in [9.17, 15) is 0 Å². The molecule has 0 bridgehead atoms. The lowest BCUT2D eigenvalue weighted by Gasteiger charge is -2.34. The lowest BCUT2D eigenvalue weighted by molar-refractivity contribution is 0.194. The molecule has 1 aliphatic rings. The summed E-state index contributed by atoms with van der Waals surface area (Å²) in [6.45, 7) is 6.45. The largest absolute Gasteiger partial charge is 0.330 e.